The van der Waals surface area contributed by atoms with Crippen molar-refractivity contribution in [2.24, 2.45) is 17.4 Å². The lowest BCUT2D eigenvalue weighted by Gasteiger charge is -2.34. The maximum Gasteiger partial charge on any atom is 0.292 e. The Balaban J connectivity index is 2.33. The number of nitrogens with zero attached hydrogens (tertiary/aromatic N) is 2. The smallest absolute Gasteiger partial charge is 0.292 e. The Bertz CT molecular complexity index is 545. The standard InChI is InChI=1S/C14H20N4O3/c15-6-5-10-2-1-7-17(9-10)13-8-11(14(16)19)3-4-12(13)18(20)21/h3-4,8,10H,1-2,5-7,9,15H2,(H2,16,19). The molecule has 1 aliphatic heterocycles. The number of anilines is 1. The Hall–Kier alpha value is -2.15. The van der Waals surface area contributed by atoms with Gasteiger partial charge in [0.15, 0.2) is 0 Å². The van der Waals surface area contributed by atoms with Crippen LogP contribution >= 0.6 is 0 Å². The molecule has 1 unspecified atom stereocenters. The van der Waals surface area contributed by atoms with E-state index in [9.17, 15) is 14.9 Å². The Morgan fingerprint density at radius 3 is 2.86 bits per heavy atom. The fraction of sp³-hybridized carbons (Fsp3) is 0.500. The first kappa shape index (κ1) is 15.2. The zero-order chi connectivity index (χ0) is 15.4. The van der Waals surface area contributed by atoms with Crippen molar-refractivity contribution in [1.82, 2.24) is 0 Å². The van der Waals surface area contributed by atoms with Gasteiger partial charge in [0, 0.05) is 24.7 Å². The van der Waals surface area contributed by atoms with Gasteiger partial charge in [-0.15, -0.1) is 0 Å². The topological polar surface area (TPSA) is 115 Å². The van der Waals surface area contributed by atoms with Crippen LogP contribution in [0, 0.1) is 16.0 Å². The maximum absolute atomic E-state index is 11.3. The summed E-state index contributed by atoms with van der Waals surface area (Å²) in [6.07, 6.45) is 2.94. The summed E-state index contributed by atoms with van der Waals surface area (Å²) in [7, 11) is 0. The van der Waals surface area contributed by atoms with Gasteiger partial charge in [0.2, 0.25) is 5.91 Å². The maximum atomic E-state index is 11.3. The van der Waals surface area contributed by atoms with E-state index in [0.29, 0.717) is 18.2 Å². The zero-order valence-corrected chi connectivity index (χ0v) is 11.8. The largest absolute Gasteiger partial charge is 0.366 e. The van der Waals surface area contributed by atoms with Crippen molar-refractivity contribution < 1.29 is 9.72 Å². The summed E-state index contributed by atoms with van der Waals surface area (Å²) in [5, 5.41) is 11.2. The second-order valence-corrected chi connectivity index (χ2v) is 5.36. The van der Waals surface area contributed by atoms with E-state index in [4.69, 9.17) is 11.5 Å². The van der Waals surface area contributed by atoms with Crippen LogP contribution in [-0.4, -0.2) is 30.5 Å². The van der Waals surface area contributed by atoms with Crippen LogP contribution in [0.1, 0.15) is 29.6 Å². The molecule has 1 atom stereocenters. The van der Waals surface area contributed by atoms with Crippen LogP contribution in [0.3, 0.4) is 0 Å². The number of benzene rings is 1. The number of rotatable bonds is 5. The number of nitro groups is 1. The molecule has 0 bridgehead atoms. The molecule has 7 nitrogen and oxygen atoms in total. The van der Waals surface area contributed by atoms with Crippen LogP contribution in [0.15, 0.2) is 18.2 Å². The lowest BCUT2D eigenvalue weighted by molar-refractivity contribution is -0.384. The summed E-state index contributed by atoms with van der Waals surface area (Å²) in [5.41, 5.74) is 11.6. The van der Waals surface area contributed by atoms with Gasteiger partial charge in [-0.3, -0.25) is 14.9 Å². The number of piperidine rings is 1. The van der Waals surface area contributed by atoms with E-state index >= 15 is 0 Å². The molecular formula is C14H20N4O3. The van der Waals surface area contributed by atoms with Gasteiger partial charge < -0.3 is 16.4 Å². The molecule has 21 heavy (non-hydrogen) atoms. The monoisotopic (exact) mass is 292 g/mol. The average molecular weight is 292 g/mol. The van der Waals surface area contributed by atoms with Crippen molar-refractivity contribution in [3.8, 4) is 0 Å². The first-order valence-corrected chi connectivity index (χ1v) is 7.06. The minimum Gasteiger partial charge on any atom is -0.366 e. The van der Waals surface area contributed by atoms with Gasteiger partial charge in [0.25, 0.3) is 5.69 Å². The lowest BCUT2D eigenvalue weighted by atomic mass is 9.94. The van der Waals surface area contributed by atoms with Crippen LogP contribution < -0.4 is 16.4 Å². The lowest BCUT2D eigenvalue weighted by Crippen LogP contribution is -2.36. The zero-order valence-electron chi connectivity index (χ0n) is 11.8. The van der Waals surface area contributed by atoms with Gasteiger partial charge in [-0.05, 0) is 43.9 Å². The normalized spacial score (nSPS) is 18.5. The summed E-state index contributed by atoms with van der Waals surface area (Å²) in [6.45, 7) is 2.08. The number of hydrogen-bond donors (Lipinski definition) is 2. The molecule has 1 aliphatic rings. The molecule has 7 heteroatoms. The number of nitrogens with two attached hydrogens (primary N) is 2. The summed E-state index contributed by atoms with van der Waals surface area (Å²) in [6, 6.07) is 4.26. The highest BCUT2D eigenvalue weighted by atomic mass is 16.6. The van der Waals surface area contributed by atoms with Gasteiger partial charge in [-0.1, -0.05) is 0 Å². The molecule has 1 aromatic rings. The second kappa shape index (κ2) is 6.53. The predicted molar refractivity (Wildman–Crippen MR) is 80.2 cm³/mol. The highest BCUT2D eigenvalue weighted by Crippen LogP contribution is 2.33. The molecule has 0 spiro atoms. The summed E-state index contributed by atoms with van der Waals surface area (Å²) in [4.78, 5) is 24.0. The molecule has 0 radical (unpaired) electrons. The molecule has 1 heterocycles. The number of amides is 1. The Morgan fingerprint density at radius 2 is 2.24 bits per heavy atom. The fourth-order valence-corrected chi connectivity index (χ4v) is 2.84. The van der Waals surface area contributed by atoms with Crippen molar-refractivity contribution in [3.63, 3.8) is 0 Å². The molecule has 4 N–H and O–H groups in total. The molecular weight excluding hydrogens is 272 g/mol. The molecule has 2 rings (SSSR count). The minimum atomic E-state index is -0.582. The molecule has 0 aromatic heterocycles. The van der Waals surface area contributed by atoms with E-state index in [1.165, 1.54) is 18.2 Å². The van der Waals surface area contributed by atoms with Gasteiger partial charge in [0.1, 0.15) is 5.69 Å². The van der Waals surface area contributed by atoms with E-state index in [-0.39, 0.29) is 11.3 Å². The molecule has 1 aromatic carbocycles. The molecule has 0 aliphatic carbocycles. The van der Waals surface area contributed by atoms with Gasteiger partial charge in [-0.2, -0.15) is 0 Å². The Kier molecular flexibility index (Phi) is 4.74. The van der Waals surface area contributed by atoms with Crippen LogP contribution in [0.4, 0.5) is 11.4 Å². The van der Waals surface area contributed by atoms with Crippen LogP contribution in [0.2, 0.25) is 0 Å². The van der Waals surface area contributed by atoms with Crippen molar-refractivity contribution in [2.45, 2.75) is 19.3 Å². The third-order valence-corrected chi connectivity index (χ3v) is 3.89. The predicted octanol–water partition coefficient (Wildman–Crippen LogP) is 1.26. The molecule has 1 saturated heterocycles. The number of primary amides is 1. The summed E-state index contributed by atoms with van der Waals surface area (Å²) < 4.78 is 0. The third-order valence-electron chi connectivity index (χ3n) is 3.89. The van der Waals surface area contributed by atoms with Gasteiger partial charge in [0.05, 0.1) is 4.92 Å². The Morgan fingerprint density at radius 1 is 1.48 bits per heavy atom. The van der Waals surface area contributed by atoms with Crippen molar-refractivity contribution in [1.29, 1.82) is 0 Å². The molecule has 114 valence electrons. The van der Waals surface area contributed by atoms with E-state index in [2.05, 4.69) is 0 Å². The summed E-state index contributed by atoms with van der Waals surface area (Å²) >= 11 is 0. The highest BCUT2D eigenvalue weighted by molar-refractivity contribution is 5.94. The van der Waals surface area contributed by atoms with Gasteiger partial charge in [-0.25, -0.2) is 0 Å². The van der Waals surface area contributed by atoms with Crippen LogP contribution in [0.5, 0.6) is 0 Å². The van der Waals surface area contributed by atoms with E-state index in [0.717, 1.165) is 32.4 Å². The molecule has 1 amide bonds. The van der Waals surface area contributed by atoms with Crippen molar-refractivity contribution >= 4 is 17.3 Å². The van der Waals surface area contributed by atoms with E-state index < -0.39 is 10.8 Å². The minimum absolute atomic E-state index is 0.00778. The van der Waals surface area contributed by atoms with Crippen molar-refractivity contribution in [3.05, 3.63) is 33.9 Å². The SMILES string of the molecule is NCCC1CCCN(c2cc(C(N)=O)ccc2[N+](=O)[O-])C1. The third kappa shape index (κ3) is 3.49. The number of carbonyl (C=O) groups excluding carboxylic acids is 1. The van der Waals surface area contributed by atoms with Crippen molar-refractivity contribution in [2.75, 3.05) is 24.5 Å². The van der Waals surface area contributed by atoms with E-state index in [1.54, 1.807) is 0 Å². The van der Waals surface area contributed by atoms with Crippen LogP contribution in [-0.2, 0) is 0 Å². The number of carbonyl (C=O) groups is 1. The molecule has 0 saturated carbocycles. The van der Waals surface area contributed by atoms with Crippen LogP contribution in [0.25, 0.3) is 0 Å². The van der Waals surface area contributed by atoms with Gasteiger partial charge >= 0.3 is 0 Å². The average Bonchev–Trinajstić information content (AvgIpc) is 2.47. The first-order chi connectivity index (χ1) is 10.0. The number of nitro benzene ring substituents is 1. The fourth-order valence-electron chi connectivity index (χ4n) is 2.84. The summed E-state index contributed by atoms with van der Waals surface area (Å²) in [5.74, 6) is -0.151. The Labute approximate surface area is 123 Å². The molecule has 1 fully saturated rings. The van der Waals surface area contributed by atoms with E-state index in [1.807, 2.05) is 4.90 Å². The highest BCUT2D eigenvalue weighted by Gasteiger charge is 2.26. The first-order valence-electron chi connectivity index (χ1n) is 7.06. The number of hydrogen-bond acceptors (Lipinski definition) is 5. The second-order valence-electron chi connectivity index (χ2n) is 5.36. The quantitative estimate of drug-likeness (QED) is 0.626.